The molecule has 0 aromatic carbocycles. The van der Waals surface area contributed by atoms with Crippen molar-refractivity contribution >= 4 is 5.65 Å². The minimum atomic E-state index is -0.660. The summed E-state index contributed by atoms with van der Waals surface area (Å²) in [6.07, 6.45) is 2.40. The summed E-state index contributed by atoms with van der Waals surface area (Å²) >= 11 is 0. The van der Waals surface area contributed by atoms with Crippen molar-refractivity contribution in [2.45, 2.75) is 6.92 Å². The molecular formula is C7H5F2N3. The van der Waals surface area contributed by atoms with Gasteiger partial charge >= 0.3 is 0 Å². The molecule has 2 rings (SSSR count). The molecule has 0 saturated carbocycles. The van der Waals surface area contributed by atoms with Gasteiger partial charge in [-0.05, 0) is 6.92 Å². The van der Waals surface area contributed by atoms with Gasteiger partial charge in [0.25, 0.3) is 0 Å². The Balaban J connectivity index is 2.94. The van der Waals surface area contributed by atoms with Crippen LogP contribution in [0.2, 0.25) is 0 Å². The van der Waals surface area contributed by atoms with Gasteiger partial charge in [-0.3, -0.25) is 4.40 Å². The van der Waals surface area contributed by atoms with Crippen LogP contribution in [0.25, 0.3) is 5.65 Å². The van der Waals surface area contributed by atoms with Crippen LogP contribution in [0.1, 0.15) is 5.56 Å². The first kappa shape index (κ1) is 7.15. The van der Waals surface area contributed by atoms with Crippen molar-refractivity contribution in [3.05, 3.63) is 29.7 Å². The zero-order valence-corrected chi connectivity index (χ0v) is 6.25. The molecule has 2 aromatic rings. The maximum absolute atomic E-state index is 13.1. The molecule has 5 heteroatoms. The highest BCUT2D eigenvalue weighted by atomic mass is 19.1. The van der Waals surface area contributed by atoms with Crippen molar-refractivity contribution in [1.29, 1.82) is 0 Å². The molecule has 0 atom stereocenters. The summed E-state index contributed by atoms with van der Waals surface area (Å²) in [5, 5.41) is 6.94. The Morgan fingerprint density at radius 3 is 2.92 bits per heavy atom. The largest absolute Gasteiger partial charge is 0.284 e. The van der Waals surface area contributed by atoms with E-state index in [9.17, 15) is 8.78 Å². The van der Waals surface area contributed by atoms with E-state index in [-0.39, 0.29) is 11.2 Å². The van der Waals surface area contributed by atoms with Crippen molar-refractivity contribution < 1.29 is 8.78 Å². The van der Waals surface area contributed by atoms with Gasteiger partial charge in [0, 0.05) is 11.8 Å². The van der Waals surface area contributed by atoms with Crippen LogP contribution in [0, 0.1) is 18.6 Å². The molecule has 2 heterocycles. The second-order valence-electron chi connectivity index (χ2n) is 2.48. The van der Waals surface area contributed by atoms with E-state index in [4.69, 9.17) is 0 Å². The Morgan fingerprint density at radius 1 is 1.42 bits per heavy atom. The molecule has 0 fully saturated rings. The average molecular weight is 169 g/mol. The van der Waals surface area contributed by atoms with Gasteiger partial charge in [-0.1, -0.05) is 0 Å². The third-order valence-electron chi connectivity index (χ3n) is 1.71. The van der Waals surface area contributed by atoms with E-state index >= 15 is 0 Å². The van der Waals surface area contributed by atoms with Crippen molar-refractivity contribution in [1.82, 2.24) is 14.6 Å². The first-order chi connectivity index (χ1) is 5.70. The van der Waals surface area contributed by atoms with Gasteiger partial charge in [-0.2, -0.15) is 0 Å². The fraction of sp³-hybridized carbons (Fsp3) is 0.143. The minimum Gasteiger partial charge on any atom is -0.284 e. The monoisotopic (exact) mass is 169 g/mol. The van der Waals surface area contributed by atoms with Crippen molar-refractivity contribution in [2.75, 3.05) is 0 Å². The summed E-state index contributed by atoms with van der Waals surface area (Å²) in [7, 11) is 0. The molecule has 0 aliphatic carbocycles. The number of aromatic nitrogens is 3. The average Bonchev–Trinajstić information content (AvgIpc) is 2.48. The fourth-order valence-corrected chi connectivity index (χ4v) is 0.986. The summed E-state index contributed by atoms with van der Waals surface area (Å²) in [4.78, 5) is 0. The van der Waals surface area contributed by atoms with Gasteiger partial charge in [0.2, 0.25) is 0 Å². The molecule has 2 aromatic heterocycles. The van der Waals surface area contributed by atoms with Crippen molar-refractivity contribution in [3.63, 3.8) is 0 Å². The van der Waals surface area contributed by atoms with Crippen LogP contribution in [-0.4, -0.2) is 14.6 Å². The van der Waals surface area contributed by atoms with E-state index in [1.807, 2.05) is 0 Å². The topological polar surface area (TPSA) is 30.2 Å². The number of fused-ring (bicyclic) bond motifs is 1. The van der Waals surface area contributed by atoms with Gasteiger partial charge in [-0.25, -0.2) is 8.78 Å². The summed E-state index contributed by atoms with van der Waals surface area (Å²) in [5.41, 5.74) is 0.0180. The van der Waals surface area contributed by atoms with E-state index in [1.54, 1.807) is 0 Å². The molecule has 0 aliphatic rings. The van der Waals surface area contributed by atoms with Crippen molar-refractivity contribution in [3.8, 4) is 0 Å². The summed E-state index contributed by atoms with van der Waals surface area (Å²) in [6, 6.07) is 0. The zero-order chi connectivity index (χ0) is 8.72. The van der Waals surface area contributed by atoms with E-state index in [0.29, 0.717) is 0 Å². The normalized spacial score (nSPS) is 10.9. The summed E-state index contributed by atoms with van der Waals surface area (Å²) < 4.78 is 27.2. The third kappa shape index (κ3) is 0.792. The number of hydrogen-bond donors (Lipinski definition) is 0. The second-order valence-corrected chi connectivity index (χ2v) is 2.48. The SMILES string of the molecule is Cc1c(F)cn2cnnc2c1F. The Hall–Kier alpha value is -1.52. The van der Waals surface area contributed by atoms with Crippen LogP contribution in [0.3, 0.4) is 0 Å². The molecule has 12 heavy (non-hydrogen) atoms. The lowest BCUT2D eigenvalue weighted by molar-refractivity contribution is 0.562. The van der Waals surface area contributed by atoms with E-state index in [0.717, 1.165) is 6.20 Å². The van der Waals surface area contributed by atoms with Gasteiger partial charge in [0.15, 0.2) is 11.5 Å². The molecule has 0 unspecified atom stereocenters. The maximum Gasteiger partial charge on any atom is 0.197 e. The predicted octanol–water partition coefficient (Wildman–Crippen LogP) is 1.32. The highest BCUT2D eigenvalue weighted by molar-refractivity contribution is 5.42. The first-order valence-corrected chi connectivity index (χ1v) is 3.34. The van der Waals surface area contributed by atoms with Gasteiger partial charge < -0.3 is 0 Å². The Morgan fingerprint density at radius 2 is 2.17 bits per heavy atom. The van der Waals surface area contributed by atoms with Crippen LogP contribution >= 0.6 is 0 Å². The number of nitrogens with zero attached hydrogens (tertiary/aromatic N) is 3. The molecule has 0 radical (unpaired) electrons. The first-order valence-electron chi connectivity index (χ1n) is 3.34. The number of rotatable bonds is 0. The minimum absolute atomic E-state index is 0.0319. The van der Waals surface area contributed by atoms with Crippen LogP contribution < -0.4 is 0 Å². The molecule has 62 valence electrons. The van der Waals surface area contributed by atoms with Gasteiger partial charge in [-0.15, -0.1) is 10.2 Å². The standard InChI is InChI=1S/C7H5F2N3/c1-4-5(8)2-12-3-10-11-7(12)6(4)9/h2-3H,1H3. The molecule has 0 N–H and O–H groups in total. The Bertz CT molecular complexity index is 435. The second kappa shape index (κ2) is 2.23. The Kier molecular flexibility index (Phi) is 1.33. The fourth-order valence-electron chi connectivity index (χ4n) is 0.986. The van der Waals surface area contributed by atoms with Crippen LogP contribution in [0.5, 0.6) is 0 Å². The third-order valence-corrected chi connectivity index (χ3v) is 1.71. The molecule has 0 aliphatic heterocycles. The smallest absolute Gasteiger partial charge is 0.197 e. The molecule has 0 saturated heterocycles. The molecule has 0 bridgehead atoms. The number of hydrogen-bond acceptors (Lipinski definition) is 2. The lowest BCUT2D eigenvalue weighted by Crippen LogP contribution is -1.95. The predicted molar refractivity (Wildman–Crippen MR) is 37.6 cm³/mol. The van der Waals surface area contributed by atoms with E-state index < -0.39 is 11.6 Å². The van der Waals surface area contributed by atoms with E-state index in [2.05, 4.69) is 10.2 Å². The van der Waals surface area contributed by atoms with Gasteiger partial charge in [0.05, 0.1) is 0 Å². The Labute approximate surface area is 66.7 Å². The molecule has 0 amide bonds. The molecule has 0 spiro atoms. The zero-order valence-electron chi connectivity index (χ0n) is 6.25. The number of pyridine rings is 1. The number of halogens is 2. The highest BCUT2D eigenvalue weighted by Crippen LogP contribution is 2.14. The van der Waals surface area contributed by atoms with Crippen LogP contribution in [0.4, 0.5) is 8.78 Å². The van der Waals surface area contributed by atoms with E-state index in [1.165, 1.54) is 17.7 Å². The maximum atomic E-state index is 13.1. The highest BCUT2D eigenvalue weighted by Gasteiger charge is 2.10. The summed E-state index contributed by atoms with van der Waals surface area (Å²) in [6.45, 7) is 1.36. The molecule has 3 nitrogen and oxygen atoms in total. The van der Waals surface area contributed by atoms with Crippen LogP contribution in [0.15, 0.2) is 12.5 Å². The van der Waals surface area contributed by atoms with Crippen molar-refractivity contribution in [2.24, 2.45) is 0 Å². The lowest BCUT2D eigenvalue weighted by atomic mass is 10.3. The molecular weight excluding hydrogens is 164 g/mol. The van der Waals surface area contributed by atoms with Crippen LogP contribution in [-0.2, 0) is 0 Å². The quantitative estimate of drug-likeness (QED) is 0.595. The lowest BCUT2D eigenvalue weighted by Gasteiger charge is -1.98. The summed E-state index contributed by atoms with van der Waals surface area (Å²) in [5.74, 6) is -1.26. The van der Waals surface area contributed by atoms with Gasteiger partial charge in [0.1, 0.15) is 12.1 Å².